The maximum atomic E-state index is 13.6. The summed E-state index contributed by atoms with van der Waals surface area (Å²) in [5.74, 6) is -0.520. The molecule has 33 heavy (non-hydrogen) atoms. The van der Waals surface area contributed by atoms with Crippen LogP contribution in [0.5, 0.6) is 0 Å². The van der Waals surface area contributed by atoms with Crippen molar-refractivity contribution in [2.45, 2.75) is 13.0 Å². The molecule has 0 amide bonds. The first-order valence-corrected chi connectivity index (χ1v) is 12.0. The highest BCUT2D eigenvalue weighted by molar-refractivity contribution is 9.10. The van der Waals surface area contributed by atoms with Gasteiger partial charge in [0.25, 0.3) is 5.56 Å². The molecule has 9 heteroatoms. The van der Waals surface area contributed by atoms with Gasteiger partial charge in [-0.2, -0.15) is 0 Å². The molecule has 0 spiro atoms. The van der Waals surface area contributed by atoms with Gasteiger partial charge in [0.2, 0.25) is 0 Å². The van der Waals surface area contributed by atoms with Gasteiger partial charge in [0.05, 0.1) is 34.6 Å². The smallest absolute Gasteiger partial charge is 0.338 e. The Kier molecular flexibility index (Phi) is 6.61. The van der Waals surface area contributed by atoms with Crippen molar-refractivity contribution in [2.24, 2.45) is 4.99 Å². The molecule has 1 aliphatic rings. The van der Waals surface area contributed by atoms with Crippen LogP contribution in [0.4, 0.5) is 5.69 Å². The third-order valence-electron chi connectivity index (χ3n) is 5.36. The summed E-state index contributed by atoms with van der Waals surface area (Å²) in [6.45, 7) is 1.75. The van der Waals surface area contributed by atoms with Gasteiger partial charge in [0.15, 0.2) is 4.80 Å². The SMILES string of the molecule is COC(=O)C1=C(C)N=c2s/c(=C\c3ccc(N(C)C)c(Br)c3)c(=O)n2[C@H]1c1ccc(Cl)cc1. The lowest BCUT2D eigenvalue weighted by molar-refractivity contribution is -0.136. The molecule has 1 atom stereocenters. The summed E-state index contributed by atoms with van der Waals surface area (Å²) in [6.07, 6.45) is 1.84. The van der Waals surface area contributed by atoms with E-state index in [1.807, 2.05) is 55.4 Å². The molecule has 1 aromatic heterocycles. The quantitative estimate of drug-likeness (QED) is 0.466. The van der Waals surface area contributed by atoms with Crippen molar-refractivity contribution < 1.29 is 9.53 Å². The van der Waals surface area contributed by atoms with Crippen molar-refractivity contribution >= 4 is 56.6 Å². The van der Waals surface area contributed by atoms with E-state index in [2.05, 4.69) is 20.9 Å². The number of ether oxygens (including phenoxy) is 1. The van der Waals surface area contributed by atoms with E-state index < -0.39 is 12.0 Å². The summed E-state index contributed by atoms with van der Waals surface area (Å²) in [5, 5.41) is 0.568. The van der Waals surface area contributed by atoms with Gasteiger partial charge in [-0.05, 0) is 64.3 Å². The maximum absolute atomic E-state index is 13.6. The second kappa shape index (κ2) is 9.29. The van der Waals surface area contributed by atoms with Gasteiger partial charge in [-0.3, -0.25) is 9.36 Å². The van der Waals surface area contributed by atoms with E-state index in [4.69, 9.17) is 16.3 Å². The molecule has 6 nitrogen and oxygen atoms in total. The highest BCUT2D eigenvalue weighted by Gasteiger charge is 2.33. The average molecular weight is 547 g/mol. The van der Waals surface area contributed by atoms with Gasteiger partial charge >= 0.3 is 5.97 Å². The lowest BCUT2D eigenvalue weighted by Gasteiger charge is -2.24. The van der Waals surface area contributed by atoms with Crippen LogP contribution in [0.25, 0.3) is 6.08 Å². The molecule has 3 aromatic rings. The largest absolute Gasteiger partial charge is 0.466 e. The van der Waals surface area contributed by atoms with E-state index in [9.17, 15) is 9.59 Å². The number of esters is 1. The Bertz CT molecular complexity index is 1460. The molecule has 0 radical (unpaired) electrons. The first kappa shape index (κ1) is 23.5. The Morgan fingerprint density at radius 3 is 2.55 bits per heavy atom. The molecule has 4 rings (SSSR count). The highest BCUT2D eigenvalue weighted by atomic mass is 79.9. The van der Waals surface area contributed by atoms with E-state index in [1.165, 1.54) is 18.4 Å². The number of anilines is 1. The zero-order valence-electron chi connectivity index (χ0n) is 18.4. The summed E-state index contributed by atoms with van der Waals surface area (Å²) in [5.41, 5.74) is 3.30. The van der Waals surface area contributed by atoms with Crippen LogP contribution in [0, 0.1) is 0 Å². The number of methoxy groups -OCH3 is 1. The van der Waals surface area contributed by atoms with Crippen LogP contribution < -0.4 is 19.8 Å². The first-order valence-electron chi connectivity index (χ1n) is 10.0. The molecule has 0 unspecified atom stereocenters. The number of nitrogens with zero attached hydrogens (tertiary/aromatic N) is 3. The number of hydrogen-bond acceptors (Lipinski definition) is 6. The van der Waals surface area contributed by atoms with Crippen LogP contribution in [-0.4, -0.2) is 31.7 Å². The number of allylic oxidation sites excluding steroid dienone is 1. The highest BCUT2D eigenvalue weighted by Crippen LogP contribution is 2.31. The van der Waals surface area contributed by atoms with Gasteiger partial charge in [0, 0.05) is 23.6 Å². The summed E-state index contributed by atoms with van der Waals surface area (Å²) < 4.78 is 8.03. The van der Waals surface area contributed by atoms with Crippen molar-refractivity contribution in [3.8, 4) is 0 Å². The normalized spacial score (nSPS) is 15.8. The molecule has 1 aliphatic heterocycles. The molecule has 0 saturated carbocycles. The van der Waals surface area contributed by atoms with E-state index >= 15 is 0 Å². The van der Waals surface area contributed by atoms with E-state index in [-0.39, 0.29) is 5.56 Å². The number of hydrogen-bond donors (Lipinski definition) is 0. The van der Waals surface area contributed by atoms with Gasteiger partial charge in [-0.1, -0.05) is 41.1 Å². The maximum Gasteiger partial charge on any atom is 0.338 e. The third-order valence-corrected chi connectivity index (χ3v) is 7.23. The predicted molar refractivity (Wildman–Crippen MR) is 136 cm³/mol. The fourth-order valence-corrected chi connectivity index (χ4v) is 5.70. The molecule has 0 saturated heterocycles. The molecular weight excluding hydrogens is 526 g/mol. The van der Waals surface area contributed by atoms with Crippen LogP contribution in [0.2, 0.25) is 5.02 Å². The predicted octanol–water partition coefficient (Wildman–Crippen LogP) is 3.89. The third kappa shape index (κ3) is 4.43. The summed E-state index contributed by atoms with van der Waals surface area (Å²) in [6, 6.07) is 12.3. The minimum Gasteiger partial charge on any atom is -0.466 e. The lowest BCUT2D eigenvalue weighted by atomic mass is 9.96. The number of thiazole rings is 1. The van der Waals surface area contributed by atoms with E-state index in [0.29, 0.717) is 25.6 Å². The number of benzene rings is 2. The Balaban J connectivity index is 1.92. The van der Waals surface area contributed by atoms with Crippen LogP contribution in [0.15, 0.2) is 68.0 Å². The lowest BCUT2D eigenvalue weighted by Crippen LogP contribution is -2.39. The fourth-order valence-electron chi connectivity index (χ4n) is 3.78. The molecule has 0 bridgehead atoms. The van der Waals surface area contributed by atoms with Gasteiger partial charge in [-0.25, -0.2) is 9.79 Å². The second-order valence-corrected chi connectivity index (χ2v) is 10.0. The Morgan fingerprint density at radius 1 is 1.24 bits per heavy atom. The van der Waals surface area contributed by atoms with Crippen LogP contribution in [0.3, 0.4) is 0 Å². The number of aromatic nitrogens is 1. The van der Waals surface area contributed by atoms with Gasteiger partial charge in [-0.15, -0.1) is 0 Å². The number of carbonyl (C=O) groups is 1. The van der Waals surface area contributed by atoms with E-state index in [0.717, 1.165) is 21.3 Å². The van der Waals surface area contributed by atoms with Crippen molar-refractivity contribution in [3.63, 3.8) is 0 Å². The minimum absolute atomic E-state index is 0.222. The summed E-state index contributed by atoms with van der Waals surface area (Å²) in [7, 11) is 5.26. The molecule has 0 fully saturated rings. The number of fused-ring (bicyclic) bond motifs is 1. The molecule has 170 valence electrons. The summed E-state index contributed by atoms with van der Waals surface area (Å²) in [4.78, 5) is 33.3. The minimum atomic E-state index is -0.657. The number of rotatable bonds is 4. The summed E-state index contributed by atoms with van der Waals surface area (Å²) >= 11 is 11.0. The van der Waals surface area contributed by atoms with Gasteiger partial charge in [0.1, 0.15) is 0 Å². The van der Waals surface area contributed by atoms with Crippen LogP contribution in [-0.2, 0) is 9.53 Å². The van der Waals surface area contributed by atoms with Gasteiger partial charge < -0.3 is 9.64 Å². The zero-order chi connectivity index (χ0) is 23.9. The Morgan fingerprint density at radius 2 is 1.94 bits per heavy atom. The standard InChI is InChI=1S/C24H21BrClN3O3S/c1-13-20(23(31)32-4)21(15-6-8-16(26)9-7-15)29-22(30)19(33-24(29)27-13)12-14-5-10-18(28(2)3)17(25)11-14/h5-12,21H,1-4H3/b19-12-/t21-/m0/s1. The first-order chi connectivity index (χ1) is 15.7. The molecular formula is C24H21BrClN3O3S. The average Bonchev–Trinajstić information content (AvgIpc) is 3.07. The fraction of sp³-hybridized carbons (Fsp3) is 0.208. The van der Waals surface area contributed by atoms with Crippen molar-refractivity contribution in [1.82, 2.24) is 4.57 Å². The molecule has 0 aliphatic carbocycles. The van der Waals surface area contributed by atoms with Crippen molar-refractivity contribution in [1.29, 1.82) is 0 Å². The number of carbonyl (C=O) groups excluding carboxylic acids is 1. The molecule has 0 N–H and O–H groups in total. The Hall–Kier alpha value is -2.68. The van der Waals surface area contributed by atoms with E-state index in [1.54, 1.807) is 23.6 Å². The van der Waals surface area contributed by atoms with Crippen molar-refractivity contribution in [3.05, 3.63) is 94.0 Å². The number of halogens is 2. The van der Waals surface area contributed by atoms with Crippen LogP contribution >= 0.6 is 38.9 Å². The molecule has 2 heterocycles. The second-order valence-electron chi connectivity index (χ2n) is 7.73. The van der Waals surface area contributed by atoms with Crippen LogP contribution in [0.1, 0.15) is 24.1 Å². The topological polar surface area (TPSA) is 63.9 Å². The zero-order valence-corrected chi connectivity index (χ0v) is 21.6. The van der Waals surface area contributed by atoms with Crippen molar-refractivity contribution in [2.75, 3.05) is 26.1 Å². The molecule has 2 aromatic carbocycles. The Labute approximate surface area is 208 Å². The monoisotopic (exact) mass is 545 g/mol.